The summed E-state index contributed by atoms with van der Waals surface area (Å²) in [7, 11) is 0. The van der Waals surface area contributed by atoms with Crippen LogP contribution in [0.1, 0.15) is 17.5 Å². The monoisotopic (exact) mass is 357 g/mol. The van der Waals surface area contributed by atoms with Crippen molar-refractivity contribution < 1.29 is 18.7 Å². The van der Waals surface area contributed by atoms with Crippen LogP contribution in [0.3, 0.4) is 0 Å². The second-order valence-corrected chi connectivity index (χ2v) is 5.87. The number of aromatic amines is 1. The van der Waals surface area contributed by atoms with Gasteiger partial charge in [0.2, 0.25) is 0 Å². The molecule has 0 saturated carbocycles. The van der Waals surface area contributed by atoms with Gasteiger partial charge in [0.1, 0.15) is 36.2 Å². The lowest BCUT2D eigenvalue weighted by molar-refractivity contribution is -0.0330. The molecular formula is C17H16FN5O3. The number of H-pyrrole nitrogens is 1. The smallest absolute Gasteiger partial charge is 0.410 e. The summed E-state index contributed by atoms with van der Waals surface area (Å²) in [6.07, 6.45) is 2.18. The number of aromatic nitrogens is 4. The third kappa shape index (κ3) is 3.47. The van der Waals surface area contributed by atoms with E-state index < -0.39 is 12.2 Å². The lowest BCUT2D eigenvalue weighted by Gasteiger charge is -2.31. The number of halogens is 1. The number of nitrogens with zero attached hydrogens (tertiary/aromatic N) is 4. The summed E-state index contributed by atoms with van der Waals surface area (Å²) in [6.45, 7) is 1.09. The van der Waals surface area contributed by atoms with E-state index in [-0.39, 0.29) is 12.4 Å². The number of ether oxygens (including phenoxy) is 2. The number of morpholine rings is 1. The van der Waals surface area contributed by atoms with Crippen LogP contribution in [0, 0.1) is 5.82 Å². The predicted octanol–water partition coefficient (Wildman–Crippen LogP) is 2.20. The number of carbonyl (C=O) groups excluding carboxylic acids is 1. The van der Waals surface area contributed by atoms with Gasteiger partial charge in [0.25, 0.3) is 0 Å². The Morgan fingerprint density at radius 1 is 1.46 bits per heavy atom. The quantitative estimate of drug-likeness (QED) is 0.772. The molecule has 0 spiro atoms. The van der Waals surface area contributed by atoms with E-state index in [9.17, 15) is 9.18 Å². The second kappa shape index (κ2) is 7.04. The van der Waals surface area contributed by atoms with E-state index in [1.807, 2.05) is 0 Å². The molecule has 4 rings (SSSR count). The molecule has 3 heterocycles. The Balaban J connectivity index is 1.40. The average Bonchev–Trinajstić information content (AvgIpc) is 3.10. The summed E-state index contributed by atoms with van der Waals surface area (Å²) in [4.78, 5) is 29.4. The average molecular weight is 357 g/mol. The molecule has 0 unspecified atom stereocenters. The summed E-state index contributed by atoms with van der Waals surface area (Å²) >= 11 is 0. The lowest BCUT2D eigenvalue weighted by atomic mass is 10.2. The highest BCUT2D eigenvalue weighted by Gasteiger charge is 2.28. The van der Waals surface area contributed by atoms with Crippen molar-refractivity contribution in [3.63, 3.8) is 0 Å². The number of carbonyl (C=O) groups is 1. The van der Waals surface area contributed by atoms with E-state index in [0.717, 1.165) is 0 Å². The van der Waals surface area contributed by atoms with Crippen molar-refractivity contribution in [3.05, 3.63) is 54.0 Å². The zero-order chi connectivity index (χ0) is 17.9. The van der Waals surface area contributed by atoms with Crippen molar-refractivity contribution >= 4 is 17.3 Å². The zero-order valence-corrected chi connectivity index (χ0v) is 13.8. The highest BCUT2D eigenvalue weighted by molar-refractivity contribution is 5.69. The van der Waals surface area contributed by atoms with Crippen LogP contribution in [0.4, 0.5) is 9.18 Å². The van der Waals surface area contributed by atoms with E-state index in [1.165, 1.54) is 18.5 Å². The molecule has 1 aliphatic rings. The fourth-order valence-corrected chi connectivity index (χ4v) is 2.78. The lowest BCUT2D eigenvalue weighted by Crippen LogP contribution is -2.42. The molecule has 1 atom stereocenters. The van der Waals surface area contributed by atoms with Crippen molar-refractivity contribution in [1.29, 1.82) is 0 Å². The van der Waals surface area contributed by atoms with Crippen molar-refractivity contribution in [2.75, 3.05) is 19.7 Å². The molecule has 1 aliphatic heterocycles. The van der Waals surface area contributed by atoms with E-state index in [2.05, 4.69) is 19.9 Å². The van der Waals surface area contributed by atoms with Crippen LogP contribution < -0.4 is 0 Å². The first-order valence-corrected chi connectivity index (χ1v) is 8.12. The Labute approximate surface area is 148 Å². The normalized spacial score (nSPS) is 17.4. The molecule has 0 radical (unpaired) electrons. The van der Waals surface area contributed by atoms with Gasteiger partial charge in [-0.05, 0) is 17.7 Å². The van der Waals surface area contributed by atoms with Gasteiger partial charge in [-0.2, -0.15) is 0 Å². The first-order chi connectivity index (χ1) is 12.7. The third-order valence-electron chi connectivity index (χ3n) is 4.06. The van der Waals surface area contributed by atoms with E-state index in [0.29, 0.717) is 42.2 Å². The standard InChI is InChI=1S/C17H16FN5O3/c18-12-3-1-2-11(6-12)9-26-17(24)23-4-5-25-14(8-23)16-21-13-7-19-10-20-15(13)22-16/h1-3,6-7,10,14H,4-5,8-9H2,(H,19,20,21,22)/t14-/m0/s1. The minimum Gasteiger partial charge on any atom is -0.445 e. The van der Waals surface area contributed by atoms with Crippen LogP contribution in [-0.4, -0.2) is 50.6 Å². The topological polar surface area (TPSA) is 93.2 Å². The second-order valence-electron chi connectivity index (χ2n) is 5.87. The number of hydrogen-bond donors (Lipinski definition) is 1. The van der Waals surface area contributed by atoms with E-state index in [1.54, 1.807) is 23.2 Å². The molecule has 1 aromatic carbocycles. The Kier molecular flexibility index (Phi) is 4.44. The van der Waals surface area contributed by atoms with Crippen LogP contribution in [-0.2, 0) is 16.1 Å². The summed E-state index contributed by atoms with van der Waals surface area (Å²) < 4.78 is 24.2. The van der Waals surface area contributed by atoms with Crippen molar-refractivity contribution in [2.24, 2.45) is 0 Å². The molecule has 134 valence electrons. The van der Waals surface area contributed by atoms with Crippen LogP contribution in [0.5, 0.6) is 0 Å². The van der Waals surface area contributed by atoms with E-state index >= 15 is 0 Å². The predicted molar refractivity (Wildman–Crippen MR) is 88.5 cm³/mol. The van der Waals surface area contributed by atoms with E-state index in [4.69, 9.17) is 9.47 Å². The maximum Gasteiger partial charge on any atom is 0.410 e. The SMILES string of the molecule is O=C(OCc1cccc(F)c1)N1CCO[C@H](c2nc3ncncc3[nH]2)C1. The molecule has 3 aromatic rings. The number of benzene rings is 1. The van der Waals surface area contributed by atoms with Crippen molar-refractivity contribution in [2.45, 2.75) is 12.7 Å². The molecular weight excluding hydrogens is 341 g/mol. The molecule has 2 aromatic heterocycles. The number of amides is 1. The molecule has 26 heavy (non-hydrogen) atoms. The first kappa shape index (κ1) is 16.4. The molecule has 0 aliphatic carbocycles. The zero-order valence-electron chi connectivity index (χ0n) is 13.8. The highest BCUT2D eigenvalue weighted by atomic mass is 19.1. The van der Waals surface area contributed by atoms with Gasteiger partial charge in [0, 0.05) is 6.54 Å². The van der Waals surface area contributed by atoms with Crippen LogP contribution in [0.15, 0.2) is 36.8 Å². The highest BCUT2D eigenvalue weighted by Crippen LogP contribution is 2.22. The van der Waals surface area contributed by atoms with Gasteiger partial charge in [-0.3, -0.25) is 0 Å². The van der Waals surface area contributed by atoms with Gasteiger partial charge in [-0.1, -0.05) is 12.1 Å². The fraction of sp³-hybridized carbons (Fsp3) is 0.294. The molecule has 8 nitrogen and oxygen atoms in total. The van der Waals surface area contributed by atoms with Gasteiger partial charge in [-0.25, -0.2) is 24.1 Å². The van der Waals surface area contributed by atoms with Gasteiger partial charge < -0.3 is 19.4 Å². The van der Waals surface area contributed by atoms with Crippen LogP contribution >= 0.6 is 0 Å². The molecule has 1 saturated heterocycles. The maximum absolute atomic E-state index is 13.2. The van der Waals surface area contributed by atoms with Gasteiger partial charge in [0.15, 0.2) is 5.65 Å². The Morgan fingerprint density at radius 3 is 3.23 bits per heavy atom. The third-order valence-corrected chi connectivity index (χ3v) is 4.06. The van der Waals surface area contributed by atoms with Gasteiger partial charge >= 0.3 is 6.09 Å². The summed E-state index contributed by atoms with van der Waals surface area (Å²) in [5.41, 5.74) is 1.85. The molecule has 0 bridgehead atoms. The van der Waals surface area contributed by atoms with Gasteiger partial charge in [-0.15, -0.1) is 0 Å². The number of rotatable bonds is 3. The number of hydrogen-bond acceptors (Lipinski definition) is 6. The molecule has 1 fully saturated rings. The number of nitrogens with one attached hydrogen (secondary N) is 1. The molecule has 1 amide bonds. The number of imidazole rings is 1. The summed E-state index contributed by atoms with van der Waals surface area (Å²) in [5, 5.41) is 0. The van der Waals surface area contributed by atoms with Crippen molar-refractivity contribution in [3.8, 4) is 0 Å². The summed E-state index contributed by atoms with van der Waals surface area (Å²) in [5.74, 6) is 0.223. The Hall–Kier alpha value is -3.07. The minimum atomic E-state index is -0.474. The number of fused-ring (bicyclic) bond motifs is 1. The Bertz CT molecular complexity index is 898. The Morgan fingerprint density at radius 2 is 2.38 bits per heavy atom. The minimum absolute atomic E-state index is 0.0127. The molecule has 1 N–H and O–H groups in total. The molecule has 9 heteroatoms. The van der Waals surface area contributed by atoms with Crippen LogP contribution in [0.25, 0.3) is 11.2 Å². The maximum atomic E-state index is 13.2. The summed E-state index contributed by atoms with van der Waals surface area (Å²) in [6, 6.07) is 5.96. The van der Waals surface area contributed by atoms with Crippen LogP contribution in [0.2, 0.25) is 0 Å². The fourth-order valence-electron chi connectivity index (χ4n) is 2.78. The first-order valence-electron chi connectivity index (χ1n) is 8.12. The van der Waals surface area contributed by atoms with Gasteiger partial charge in [0.05, 0.1) is 19.3 Å². The largest absolute Gasteiger partial charge is 0.445 e. The van der Waals surface area contributed by atoms with Crippen molar-refractivity contribution in [1.82, 2.24) is 24.8 Å².